The predicted octanol–water partition coefficient (Wildman–Crippen LogP) is 1.85. The van der Waals surface area contributed by atoms with Crippen molar-refractivity contribution in [2.75, 3.05) is 20.3 Å². The molecule has 1 aromatic rings. The van der Waals surface area contributed by atoms with Gasteiger partial charge in [-0.25, -0.2) is 4.79 Å². The predicted molar refractivity (Wildman–Crippen MR) is 66.2 cm³/mol. The van der Waals surface area contributed by atoms with Gasteiger partial charge in [0.15, 0.2) is 0 Å². The minimum atomic E-state index is -1.33. The summed E-state index contributed by atoms with van der Waals surface area (Å²) in [6, 6.07) is 4.11. The number of nitrogens with zero attached hydrogens (tertiary/aromatic N) is 1. The minimum Gasteiger partial charge on any atom is -0.477 e. The maximum Gasteiger partial charge on any atom is 0.343 e. The van der Waals surface area contributed by atoms with Gasteiger partial charge in [-0.3, -0.25) is 10.1 Å². The van der Waals surface area contributed by atoms with E-state index < -0.39 is 16.6 Å². The zero-order valence-corrected chi connectivity index (χ0v) is 10.5. The zero-order chi connectivity index (χ0) is 14.3. The van der Waals surface area contributed by atoms with E-state index in [9.17, 15) is 14.9 Å². The molecule has 0 atom stereocenters. The highest BCUT2D eigenvalue weighted by Crippen LogP contribution is 2.23. The largest absolute Gasteiger partial charge is 0.477 e. The van der Waals surface area contributed by atoms with Gasteiger partial charge in [-0.1, -0.05) is 12.1 Å². The lowest BCUT2D eigenvalue weighted by Crippen LogP contribution is -2.09. The molecule has 0 aromatic heterocycles. The molecule has 1 aromatic carbocycles. The molecule has 7 nitrogen and oxygen atoms in total. The summed E-state index contributed by atoms with van der Waals surface area (Å²) in [6.45, 7) is 0.962. The van der Waals surface area contributed by atoms with Gasteiger partial charge in [0.05, 0.1) is 11.5 Å². The molecule has 0 aliphatic rings. The third-order valence-electron chi connectivity index (χ3n) is 2.43. The number of hydrogen-bond acceptors (Lipinski definition) is 5. The van der Waals surface area contributed by atoms with Crippen LogP contribution < -0.4 is 0 Å². The molecule has 104 valence electrons. The smallest absolute Gasteiger partial charge is 0.343 e. The molecule has 0 bridgehead atoms. The Hall–Kier alpha value is -1.99. The first kappa shape index (κ1) is 15.1. The summed E-state index contributed by atoms with van der Waals surface area (Å²) in [6.07, 6.45) is 0.674. The number of benzene rings is 1. The van der Waals surface area contributed by atoms with Crippen LogP contribution in [0.25, 0.3) is 0 Å². The van der Waals surface area contributed by atoms with Gasteiger partial charge in [-0.05, 0) is 12.0 Å². The second-order valence-corrected chi connectivity index (χ2v) is 3.77. The summed E-state index contributed by atoms with van der Waals surface area (Å²) in [4.78, 5) is 21.2. The number of aromatic carboxylic acids is 1. The Morgan fingerprint density at radius 3 is 2.74 bits per heavy atom. The van der Waals surface area contributed by atoms with Crippen molar-refractivity contribution in [3.63, 3.8) is 0 Å². The van der Waals surface area contributed by atoms with Gasteiger partial charge in [-0.15, -0.1) is 0 Å². The molecular weight excluding hydrogens is 254 g/mol. The lowest BCUT2D eigenvalue weighted by Gasteiger charge is -2.07. The summed E-state index contributed by atoms with van der Waals surface area (Å²) >= 11 is 0. The number of ether oxygens (including phenoxy) is 2. The Kier molecular flexibility index (Phi) is 5.91. The maximum atomic E-state index is 11.1. The third-order valence-corrected chi connectivity index (χ3v) is 2.43. The van der Waals surface area contributed by atoms with Gasteiger partial charge in [0.2, 0.25) is 0 Å². The topological polar surface area (TPSA) is 98.9 Å². The van der Waals surface area contributed by atoms with Crippen molar-refractivity contribution in [3.8, 4) is 0 Å². The lowest BCUT2D eigenvalue weighted by molar-refractivity contribution is -0.385. The van der Waals surface area contributed by atoms with E-state index in [4.69, 9.17) is 14.6 Å². The van der Waals surface area contributed by atoms with E-state index in [0.29, 0.717) is 25.2 Å². The van der Waals surface area contributed by atoms with Gasteiger partial charge < -0.3 is 14.6 Å². The Morgan fingerprint density at radius 1 is 1.42 bits per heavy atom. The van der Waals surface area contributed by atoms with Crippen molar-refractivity contribution < 1.29 is 24.3 Å². The maximum absolute atomic E-state index is 11.1. The van der Waals surface area contributed by atoms with E-state index in [1.54, 1.807) is 7.11 Å². The van der Waals surface area contributed by atoms with Crippen LogP contribution in [0, 0.1) is 10.1 Å². The van der Waals surface area contributed by atoms with Crippen LogP contribution in [0.15, 0.2) is 18.2 Å². The van der Waals surface area contributed by atoms with Crippen LogP contribution >= 0.6 is 0 Å². The third kappa shape index (κ3) is 4.31. The highest BCUT2D eigenvalue weighted by molar-refractivity contribution is 5.94. The molecule has 0 radical (unpaired) electrons. The highest BCUT2D eigenvalue weighted by Gasteiger charge is 2.23. The molecule has 0 heterocycles. The molecule has 1 N–H and O–H groups in total. The van der Waals surface area contributed by atoms with Crippen LogP contribution in [0.3, 0.4) is 0 Å². The monoisotopic (exact) mass is 269 g/mol. The second kappa shape index (κ2) is 7.45. The molecule has 0 amide bonds. The summed E-state index contributed by atoms with van der Waals surface area (Å²) in [5, 5.41) is 19.8. The molecule has 7 heteroatoms. The van der Waals surface area contributed by atoms with Crippen LogP contribution in [0.5, 0.6) is 0 Å². The van der Waals surface area contributed by atoms with E-state index in [1.165, 1.54) is 12.1 Å². The Bertz CT molecular complexity index is 460. The van der Waals surface area contributed by atoms with Gasteiger partial charge in [0.1, 0.15) is 5.56 Å². The molecule has 0 aliphatic carbocycles. The van der Waals surface area contributed by atoms with Gasteiger partial charge in [-0.2, -0.15) is 0 Å². The average Bonchev–Trinajstić information content (AvgIpc) is 2.37. The van der Waals surface area contributed by atoms with E-state index in [2.05, 4.69) is 0 Å². The van der Waals surface area contributed by atoms with E-state index >= 15 is 0 Å². The molecule has 0 saturated carbocycles. The first-order valence-corrected chi connectivity index (χ1v) is 5.64. The number of carboxylic acids is 1. The molecule has 0 spiro atoms. The van der Waals surface area contributed by atoms with Crippen molar-refractivity contribution in [2.24, 2.45) is 0 Å². The van der Waals surface area contributed by atoms with Gasteiger partial charge in [0.25, 0.3) is 5.69 Å². The fourth-order valence-corrected chi connectivity index (χ4v) is 1.59. The van der Waals surface area contributed by atoms with E-state index in [0.717, 1.165) is 6.07 Å². The number of nitro benzene ring substituents is 1. The first-order valence-electron chi connectivity index (χ1n) is 5.64. The van der Waals surface area contributed by atoms with Crippen LogP contribution in [0.2, 0.25) is 0 Å². The summed E-state index contributed by atoms with van der Waals surface area (Å²) in [5.74, 6) is -1.33. The Labute approximate surface area is 109 Å². The van der Waals surface area contributed by atoms with Crippen molar-refractivity contribution in [1.29, 1.82) is 0 Å². The van der Waals surface area contributed by atoms with Crippen LogP contribution in [-0.2, 0) is 16.1 Å². The first-order chi connectivity index (χ1) is 9.07. The SMILES string of the molecule is COCCCOCc1cccc([N+](=O)[O-])c1C(=O)O. The molecular formula is C12H15NO6. The number of hydrogen-bond donors (Lipinski definition) is 1. The summed E-state index contributed by atoms with van der Waals surface area (Å²) < 4.78 is 10.1. The zero-order valence-electron chi connectivity index (χ0n) is 10.5. The fraction of sp³-hybridized carbons (Fsp3) is 0.417. The Morgan fingerprint density at radius 2 is 2.16 bits per heavy atom. The van der Waals surface area contributed by atoms with E-state index in [-0.39, 0.29) is 12.2 Å². The quantitative estimate of drug-likeness (QED) is 0.439. The molecule has 0 fully saturated rings. The highest BCUT2D eigenvalue weighted by atomic mass is 16.6. The summed E-state index contributed by atoms with van der Waals surface area (Å²) in [7, 11) is 1.57. The molecule has 0 saturated heterocycles. The number of methoxy groups -OCH3 is 1. The number of nitro groups is 1. The average molecular weight is 269 g/mol. The van der Waals surface area contributed by atoms with Crippen molar-refractivity contribution in [1.82, 2.24) is 0 Å². The van der Waals surface area contributed by atoms with Crippen LogP contribution in [0.4, 0.5) is 5.69 Å². The normalized spacial score (nSPS) is 10.4. The second-order valence-electron chi connectivity index (χ2n) is 3.77. The fourth-order valence-electron chi connectivity index (χ4n) is 1.59. The molecule has 19 heavy (non-hydrogen) atoms. The van der Waals surface area contributed by atoms with Crippen LogP contribution in [-0.4, -0.2) is 36.3 Å². The van der Waals surface area contributed by atoms with Gasteiger partial charge >= 0.3 is 5.97 Å². The Balaban J connectivity index is 2.80. The number of rotatable bonds is 8. The number of carboxylic acid groups (broad SMARTS) is 1. The van der Waals surface area contributed by atoms with E-state index in [1.807, 2.05) is 0 Å². The summed E-state index contributed by atoms with van der Waals surface area (Å²) in [5.41, 5.74) is -0.455. The standard InChI is InChI=1S/C12H15NO6/c1-18-6-3-7-19-8-9-4-2-5-10(13(16)17)11(9)12(14)15/h2,4-5H,3,6-8H2,1H3,(H,14,15). The van der Waals surface area contributed by atoms with Crippen molar-refractivity contribution >= 4 is 11.7 Å². The van der Waals surface area contributed by atoms with Crippen molar-refractivity contribution in [3.05, 3.63) is 39.4 Å². The number of carbonyl (C=O) groups is 1. The van der Waals surface area contributed by atoms with Crippen molar-refractivity contribution in [2.45, 2.75) is 13.0 Å². The minimum absolute atomic E-state index is 0.0209. The van der Waals surface area contributed by atoms with Gasteiger partial charge in [0, 0.05) is 26.4 Å². The molecule has 0 aliphatic heterocycles. The van der Waals surface area contributed by atoms with Crippen LogP contribution in [0.1, 0.15) is 22.3 Å². The molecule has 1 rings (SSSR count). The lowest BCUT2D eigenvalue weighted by atomic mass is 10.1. The molecule has 0 unspecified atom stereocenters.